The smallest absolute Gasteiger partial charge is 0.320 e. The number of hydrogen-bond acceptors (Lipinski definition) is 3. The zero-order valence-electron chi connectivity index (χ0n) is 12.7. The number of nitrogens with one attached hydrogen (secondary N) is 1. The molecule has 0 aromatic heterocycles. The molecule has 0 saturated carbocycles. The molecule has 0 aromatic rings. The lowest BCUT2D eigenvalue weighted by atomic mass is 10.0. The van der Waals surface area contributed by atoms with Gasteiger partial charge in [-0.25, -0.2) is 0 Å². The van der Waals surface area contributed by atoms with E-state index in [1.165, 1.54) is 0 Å². The van der Waals surface area contributed by atoms with Gasteiger partial charge in [0.25, 0.3) is 0 Å². The van der Waals surface area contributed by atoms with Gasteiger partial charge in [-0.15, -0.1) is 0 Å². The van der Waals surface area contributed by atoms with Gasteiger partial charge in [-0.05, 0) is 32.7 Å². The molecule has 2 N–H and O–H groups in total. The first-order valence-corrected chi connectivity index (χ1v) is 6.93. The standard InChI is InChI=1S/C14H30N2O2/c1-10(2)9-12(5)16(6)8-7-13(14(17)18)15-11(3)4/h10-13,15H,7-9H2,1-6H3,(H,17,18). The van der Waals surface area contributed by atoms with Crippen molar-refractivity contribution in [2.45, 2.75) is 65.6 Å². The number of carbonyl (C=O) groups is 1. The summed E-state index contributed by atoms with van der Waals surface area (Å²) >= 11 is 0. The lowest BCUT2D eigenvalue weighted by Crippen LogP contribution is -2.43. The Hall–Kier alpha value is -0.610. The van der Waals surface area contributed by atoms with Crippen LogP contribution in [-0.4, -0.2) is 47.7 Å². The maximum absolute atomic E-state index is 11.1. The molecule has 0 saturated heterocycles. The van der Waals surface area contributed by atoms with Gasteiger partial charge < -0.3 is 15.3 Å². The van der Waals surface area contributed by atoms with Gasteiger partial charge in [-0.2, -0.15) is 0 Å². The molecule has 4 heteroatoms. The van der Waals surface area contributed by atoms with Crippen LogP contribution in [0.15, 0.2) is 0 Å². The van der Waals surface area contributed by atoms with E-state index in [9.17, 15) is 4.79 Å². The largest absolute Gasteiger partial charge is 0.480 e. The van der Waals surface area contributed by atoms with Gasteiger partial charge in [0.2, 0.25) is 0 Å². The average molecular weight is 258 g/mol. The Morgan fingerprint density at radius 3 is 2.17 bits per heavy atom. The summed E-state index contributed by atoms with van der Waals surface area (Å²) < 4.78 is 0. The van der Waals surface area contributed by atoms with Crippen LogP contribution >= 0.6 is 0 Å². The highest BCUT2D eigenvalue weighted by Crippen LogP contribution is 2.10. The second-order valence-electron chi connectivity index (χ2n) is 5.96. The summed E-state index contributed by atoms with van der Waals surface area (Å²) in [4.78, 5) is 13.4. The van der Waals surface area contributed by atoms with Crippen LogP contribution in [0.2, 0.25) is 0 Å². The minimum atomic E-state index is -0.756. The number of aliphatic carboxylic acids is 1. The molecule has 0 aliphatic heterocycles. The SMILES string of the molecule is CC(C)CC(C)N(C)CCC(NC(C)C)C(=O)O. The Morgan fingerprint density at radius 2 is 1.78 bits per heavy atom. The molecule has 2 unspecified atom stereocenters. The van der Waals surface area contributed by atoms with Crippen molar-refractivity contribution >= 4 is 5.97 Å². The van der Waals surface area contributed by atoms with Crippen LogP contribution in [0, 0.1) is 5.92 Å². The second-order valence-corrected chi connectivity index (χ2v) is 5.96. The number of carboxylic acids is 1. The van der Waals surface area contributed by atoms with E-state index in [0.29, 0.717) is 18.4 Å². The maximum Gasteiger partial charge on any atom is 0.320 e. The molecule has 0 spiro atoms. The number of carboxylic acid groups (broad SMARTS) is 1. The molecule has 0 aromatic carbocycles. The minimum Gasteiger partial charge on any atom is -0.480 e. The van der Waals surface area contributed by atoms with Gasteiger partial charge in [-0.3, -0.25) is 4.79 Å². The zero-order valence-corrected chi connectivity index (χ0v) is 12.7. The minimum absolute atomic E-state index is 0.199. The van der Waals surface area contributed by atoms with Crippen LogP contribution in [-0.2, 0) is 4.79 Å². The van der Waals surface area contributed by atoms with Gasteiger partial charge >= 0.3 is 5.97 Å². The van der Waals surface area contributed by atoms with Gasteiger partial charge in [0, 0.05) is 18.6 Å². The monoisotopic (exact) mass is 258 g/mol. The van der Waals surface area contributed by atoms with Crippen LogP contribution in [0.3, 0.4) is 0 Å². The third-order valence-electron chi connectivity index (χ3n) is 3.17. The molecule has 0 bridgehead atoms. The normalized spacial score (nSPS) is 15.4. The van der Waals surface area contributed by atoms with Crippen molar-refractivity contribution in [3.05, 3.63) is 0 Å². The number of hydrogen-bond donors (Lipinski definition) is 2. The van der Waals surface area contributed by atoms with E-state index in [2.05, 4.69) is 38.0 Å². The highest BCUT2D eigenvalue weighted by atomic mass is 16.4. The third-order valence-corrected chi connectivity index (χ3v) is 3.17. The van der Waals surface area contributed by atoms with E-state index >= 15 is 0 Å². The molecule has 0 aliphatic rings. The lowest BCUT2D eigenvalue weighted by Gasteiger charge is -2.27. The van der Waals surface area contributed by atoms with Crippen molar-refractivity contribution in [3.63, 3.8) is 0 Å². The summed E-state index contributed by atoms with van der Waals surface area (Å²) in [6, 6.07) is 0.252. The van der Waals surface area contributed by atoms with Crippen LogP contribution < -0.4 is 5.32 Å². The van der Waals surface area contributed by atoms with Crippen molar-refractivity contribution in [1.29, 1.82) is 0 Å². The first-order chi connectivity index (χ1) is 8.23. The maximum atomic E-state index is 11.1. The summed E-state index contributed by atoms with van der Waals surface area (Å²) in [5, 5.41) is 12.2. The number of nitrogens with zero attached hydrogens (tertiary/aromatic N) is 1. The van der Waals surface area contributed by atoms with E-state index in [4.69, 9.17) is 5.11 Å². The topological polar surface area (TPSA) is 52.6 Å². The fourth-order valence-electron chi connectivity index (χ4n) is 2.10. The zero-order chi connectivity index (χ0) is 14.3. The van der Waals surface area contributed by atoms with Gasteiger partial charge in [0.05, 0.1) is 0 Å². The molecule has 18 heavy (non-hydrogen) atoms. The lowest BCUT2D eigenvalue weighted by molar-refractivity contribution is -0.140. The van der Waals surface area contributed by atoms with E-state index in [0.717, 1.165) is 13.0 Å². The summed E-state index contributed by atoms with van der Waals surface area (Å²) in [6.45, 7) is 11.4. The Morgan fingerprint density at radius 1 is 1.22 bits per heavy atom. The molecular weight excluding hydrogens is 228 g/mol. The van der Waals surface area contributed by atoms with Gasteiger partial charge in [-0.1, -0.05) is 27.7 Å². The fourth-order valence-corrected chi connectivity index (χ4v) is 2.10. The number of rotatable bonds is 9. The molecule has 0 fully saturated rings. The highest BCUT2D eigenvalue weighted by Gasteiger charge is 2.19. The van der Waals surface area contributed by atoms with Crippen LogP contribution in [0.4, 0.5) is 0 Å². The van der Waals surface area contributed by atoms with Gasteiger partial charge in [0.15, 0.2) is 0 Å². The molecule has 0 aliphatic carbocycles. The van der Waals surface area contributed by atoms with E-state index in [1.54, 1.807) is 0 Å². The predicted octanol–water partition coefficient (Wildman–Crippen LogP) is 2.19. The quantitative estimate of drug-likeness (QED) is 0.665. The van der Waals surface area contributed by atoms with Crippen molar-refractivity contribution < 1.29 is 9.90 Å². The van der Waals surface area contributed by atoms with Crippen LogP contribution in [0.5, 0.6) is 0 Å². The first kappa shape index (κ1) is 17.4. The van der Waals surface area contributed by atoms with Crippen molar-refractivity contribution in [2.24, 2.45) is 5.92 Å². The molecule has 0 heterocycles. The molecule has 2 atom stereocenters. The molecule has 0 rings (SSSR count). The van der Waals surface area contributed by atoms with E-state index < -0.39 is 12.0 Å². The Bertz CT molecular complexity index is 242. The fraction of sp³-hybridized carbons (Fsp3) is 0.929. The highest BCUT2D eigenvalue weighted by molar-refractivity contribution is 5.73. The van der Waals surface area contributed by atoms with Crippen LogP contribution in [0.25, 0.3) is 0 Å². The molecule has 0 amide bonds. The molecule has 108 valence electrons. The van der Waals surface area contributed by atoms with Crippen molar-refractivity contribution in [3.8, 4) is 0 Å². The Kier molecular flexibility index (Phi) is 8.20. The van der Waals surface area contributed by atoms with Crippen LogP contribution in [0.1, 0.15) is 47.5 Å². The molecular formula is C14H30N2O2. The summed E-state index contributed by atoms with van der Waals surface area (Å²) in [7, 11) is 2.07. The van der Waals surface area contributed by atoms with Crippen molar-refractivity contribution in [1.82, 2.24) is 10.2 Å². The Labute approximate surface area is 112 Å². The van der Waals surface area contributed by atoms with E-state index in [-0.39, 0.29) is 6.04 Å². The second kappa shape index (κ2) is 8.48. The first-order valence-electron chi connectivity index (χ1n) is 6.93. The van der Waals surface area contributed by atoms with E-state index in [1.807, 2.05) is 13.8 Å². The predicted molar refractivity (Wildman–Crippen MR) is 75.9 cm³/mol. The van der Waals surface area contributed by atoms with Gasteiger partial charge in [0.1, 0.15) is 6.04 Å². The average Bonchev–Trinajstić information content (AvgIpc) is 2.21. The molecule has 0 radical (unpaired) electrons. The summed E-state index contributed by atoms with van der Waals surface area (Å²) in [6.07, 6.45) is 1.79. The summed E-state index contributed by atoms with van der Waals surface area (Å²) in [5.74, 6) is -0.0832. The van der Waals surface area contributed by atoms with Crippen molar-refractivity contribution in [2.75, 3.05) is 13.6 Å². The Balaban J connectivity index is 4.13. The third kappa shape index (κ3) is 7.67. The molecule has 4 nitrogen and oxygen atoms in total. The summed E-state index contributed by atoms with van der Waals surface area (Å²) in [5.41, 5.74) is 0.